The van der Waals surface area contributed by atoms with Gasteiger partial charge in [0.25, 0.3) is 0 Å². The van der Waals surface area contributed by atoms with Gasteiger partial charge in [0.05, 0.1) is 0 Å². The fourth-order valence-electron chi connectivity index (χ4n) is 2.64. The molecule has 2 N–H and O–H groups in total. The average Bonchev–Trinajstić information content (AvgIpc) is 2.92. The summed E-state index contributed by atoms with van der Waals surface area (Å²) in [5, 5.41) is 9.67. The summed E-state index contributed by atoms with van der Waals surface area (Å²) < 4.78 is 0. The van der Waals surface area contributed by atoms with Crippen molar-refractivity contribution in [3.63, 3.8) is 0 Å². The Morgan fingerprint density at radius 2 is 2.00 bits per heavy atom. The molecule has 18 heavy (non-hydrogen) atoms. The van der Waals surface area contributed by atoms with Gasteiger partial charge in [0.1, 0.15) is 0 Å². The standard InChI is InChI=1S/C16H20N2/c1-2-4-15-11-13(5-6-14(15)3-1)7-10-18-16-8-9-17-12-16/h1-6,11,16-18H,7-10,12H2. The summed E-state index contributed by atoms with van der Waals surface area (Å²) >= 11 is 0. The van der Waals surface area contributed by atoms with Crippen LogP contribution < -0.4 is 10.6 Å². The van der Waals surface area contributed by atoms with E-state index < -0.39 is 0 Å². The number of nitrogens with one attached hydrogen (secondary N) is 2. The van der Waals surface area contributed by atoms with Gasteiger partial charge in [-0.1, -0.05) is 42.5 Å². The van der Waals surface area contributed by atoms with E-state index >= 15 is 0 Å². The van der Waals surface area contributed by atoms with E-state index in [-0.39, 0.29) is 0 Å². The van der Waals surface area contributed by atoms with Gasteiger partial charge in [-0.25, -0.2) is 0 Å². The smallest absolute Gasteiger partial charge is 0.0204 e. The molecule has 94 valence electrons. The number of benzene rings is 2. The van der Waals surface area contributed by atoms with Crippen LogP contribution in [0.15, 0.2) is 42.5 Å². The van der Waals surface area contributed by atoms with Crippen LogP contribution in [0, 0.1) is 0 Å². The predicted octanol–water partition coefficient (Wildman–Crippen LogP) is 2.33. The van der Waals surface area contributed by atoms with Crippen molar-refractivity contribution in [1.29, 1.82) is 0 Å². The summed E-state index contributed by atoms with van der Waals surface area (Å²) in [6, 6.07) is 16.0. The molecule has 1 atom stereocenters. The first-order valence-electron chi connectivity index (χ1n) is 6.83. The van der Waals surface area contributed by atoms with Crippen molar-refractivity contribution < 1.29 is 0 Å². The Morgan fingerprint density at radius 1 is 1.11 bits per heavy atom. The van der Waals surface area contributed by atoms with E-state index in [1.807, 2.05) is 0 Å². The topological polar surface area (TPSA) is 24.1 Å². The highest BCUT2D eigenvalue weighted by Crippen LogP contribution is 2.15. The van der Waals surface area contributed by atoms with Crippen molar-refractivity contribution in [3.05, 3.63) is 48.0 Å². The molecule has 1 heterocycles. The third kappa shape index (κ3) is 2.71. The lowest BCUT2D eigenvalue weighted by atomic mass is 10.1. The molecule has 1 fully saturated rings. The molecule has 0 bridgehead atoms. The molecule has 0 saturated carbocycles. The van der Waals surface area contributed by atoms with Crippen LogP contribution in [0.1, 0.15) is 12.0 Å². The van der Waals surface area contributed by atoms with E-state index in [9.17, 15) is 0 Å². The van der Waals surface area contributed by atoms with Crippen LogP contribution in [-0.4, -0.2) is 25.7 Å². The fourth-order valence-corrected chi connectivity index (χ4v) is 2.64. The first-order chi connectivity index (χ1) is 8.92. The van der Waals surface area contributed by atoms with Crippen LogP contribution in [0.5, 0.6) is 0 Å². The molecule has 2 aromatic carbocycles. The lowest BCUT2D eigenvalue weighted by Crippen LogP contribution is -2.32. The molecular formula is C16H20N2. The van der Waals surface area contributed by atoms with Gasteiger partial charge in [-0.05, 0) is 42.3 Å². The van der Waals surface area contributed by atoms with Gasteiger partial charge in [0.15, 0.2) is 0 Å². The molecule has 1 unspecified atom stereocenters. The van der Waals surface area contributed by atoms with Crippen LogP contribution in [0.2, 0.25) is 0 Å². The maximum atomic E-state index is 3.62. The lowest BCUT2D eigenvalue weighted by Gasteiger charge is -2.11. The maximum absolute atomic E-state index is 3.62. The predicted molar refractivity (Wildman–Crippen MR) is 76.9 cm³/mol. The van der Waals surface area contributed by atoms with E-state index in [4.69, 9.17) is 0 Å². The minimum absolute atomic E-state index is 0.672. The number of hydrogen-bond donors (Lipinski definition) is 2. The highest BCUT2D eigenvalue weighted by molar-refractivity contribution is 5.82. The van der Waals surface area contributed by atoms with Crippen molar-refractivity contribution in [3.8, 4) is 0 Å². The summed E-state index contributed by atoms with van der Waals surface area (Å²) in [7, 11) is 0. The Bertz CT molecular complexity index is 515. The second-order valence-corrected chi connectivity index (χ2v) is 5.08. The Kier molecular flexibility index (Phi) is 3.58. The maximum Gasteiger partial charge on any atom is 0.0204 e. The largest absolute Gasteiger partial charge is 0.315 e. The van der Waals surface area contributed by atoms with E-state index in [1.165, 1.54) is 22.8 Å². The van der Waals surface area contributed by atoms with Gasteiger partial charge in [0, 0.05) is 12.6 Å². The summed E-state index contributed by atoms with van der Waals surface area (Å²) in [5.74, 6) is 0. The zero-order valence-electron chi connectivity index (χ0n) is 10.7. The number of fused-ring (bicyclic) bond motifs is 1. The Hall–Kier alpha value is -1.38. The van der Waals surface area contributed by atoms with E-state index in [0.29, 0.717) is 6.04 Å². The van der Waals surface area contributed by atoms with Crippen molar-refractivity contribution in [2.75, 3.05) is 19.6 Å². The third-order valence-electron chi connectivity index (χ3n) is 3.72. The van der Waals surface area contributed by atoms with Crippen LogP contribution in [0.4, 0.5) is 0 Å². The van der Waals surface area contributed by atoms with Crippen LogP contribution in [-0.2, 0) is 6.42 Å². The Balaban J connectivity index is 1.60. The molecule has 0 amide bonds. The first-order valence-corrected chi connectivity index (χ1v) is 6.83. The number of rotatable bonds is 4. The van der Waals surface area contributed by atoms with E-state index in [1.54, 1.807) is 0 Å². The fraction of sp³-hybridized carbons (Fsp3) is 0.375. The van der Waals surface area contributed by atoms with Crippen molar-refractivity contribution >= 4 is 10.8 Å². The summed E-state index contributed by atoms with van der Waals surface area (Å²) in [4.78, 5) is 0. The van der Waals surface area contributed by atoms with Gasteiger partial charge in [-0.3, -0.25) is 0 Å². The molecule has 1 aliphatic rings. The summed E-state index contributed by atoms with van der Waals surface area (Å²) in [6.07, 6.45) is 2.37. The van der Waals surface area contributed by atoms with E-state index in [0.717, 1.165) is 26.1 Å². The molecule has 1 saturated heterocycles. The van der Waals surface area contributed by atoms with Crippen LogP contribution >= 0.6 is 0 Å². The zero-order valence-corrected chi connectivity index (χ0v) is 10.7. The van der Waals surface area contributed by atoms with Gasteiger partial charge >= 0.3 is 0 Å². The SMILES string of the molecule is c1ccc2cc(CCNC3CCNC3)ccc2c1. The highest BCUT2D eigenvalue weighted by atomic mass is 15.0. The average molecular weight is 240 g/mol. The van der Waals surface area contributed by atoms with Crippen LogP contribution in [0.25, 0.3) is 10.8 Å². The molecule has 2 aromatic rings. The quantitative estimate of drug-likeness (QED) is 0.857. The zero-order chi connectivity index (χ0) is 12.2. The molecule has 0 aromatic heterocycles. The Labute approximate surface area is 108 Å². The monoisotopic (exact) mass is 240 g/mol. The molecule has 2 nitrogen and oxygen atoms in total. The second-order valence-electron chi connectivity index (χ2n) is 5.08. The minimum Gasteiger partial charge on any atom is -0.315 e. The normalized spacial score (nSPS) is 19.4. The molecule has 0 aliphatic carbocycles. The highest BCUT2D eigenvalue weighted by Gasteiger charge is 2.12. The van der Waals surface area contributed by atoms with Crippen LogP contribution in [0.3, 0.4) is 0 Å². The molecule has 2 heteroatoms. The third-order valence-corrected chi connectivity index (χ3v) is 3.72. The summed E-state index contributed by atoms with van der Waals surface area (Å²) in [6.45, 7) is 3.36. The summed E-state index contributed by atoms with van der Waals surface area (Å²) in [5.41, 5.74) is 1.42. The molecule has 3 rings (SSSR count). The molecule has 0 radical (unpaired) electrons. The lowest BCUT2D eigenvalue weighted by molar-refractivity contribution is 0.550. The van der Waals surface area contributed by atoms with Crippen molar-refractivity contribution in [2.45, 2.75) is 18.9 Å². The van der Waals surface area contributed by atoms with Crippen molar-refractivity contribution in [1.82, 2.24) is 10.6 Å². The first kappa shape index (κ1) is 11.7. The Morgan fingerprint density at radius 3 is 2.83 bits per heavy atom. The van der Waals surface area contributed by atoms with Gasteiger partial charge < -0.3 is 10.6 Å². The van der Waals surface area contributed by atoms with Gasteiger partial charge in [-0.15, -0.1) is 0 Å². The van der Waals surface area contributed by atoms with Crippen molar-refractivity contribution in [2.24, 2.45) is 0 Å². The molecule has 1 aliphatic heterocycles. The molecule has 0 spiro atoms. The molecular weight excluding hydrogens is 220 g/mol. The second kappa shape index (κ2) is 5.51. The van der Waals surface area contributed by atoms with Gasteiger partial charge in [0.2, 0.25) is 0 Å². The number of hydrogen-bond acceptors (Lipinski definition) is 2. The van der Waals surface area contributed by atoms with Gasteiger partial charge in [-0.2, -0.15) is 0 Å². The minimum atomic E-state index is 0.672. The van der Waals surface area contributed by atoms with E-state index in [2.05, 4.69) is 53.1 Å².